The van der Waals surface area contributed by atoms with Crippen LogP contribution in [0, 0.1) is 11.8 Å². The van der Waals surface area contributed by atoms with Gasteiger partial charge in [0.05, 0.1) is 6.54 Å². The Hall–Kier alpha value is -1.53. The summed E-state index contributed by atoms with van der Waals surface area (Å²) >= 11 is 0. The molecule has 0 radical (unpaired) electrons. The molecule has 14 heavy (non-hydrogen) atoms. The van der Waals surface area contributed by atoms with Crippen LogP contribution in [-0.4, -0.2) is 17.7 Å². The van der Waals surface area contributed by atoms with Crippen LogP contribution < -0.4 is 10.9 Å². The molecule has 0 aromatic carbocycles. The van der Waals surface area contributed by atoms with Gasteiger partial charge in [0.2, 0.25) is 0 Å². The van der Waals surface area contributed by atoms with Crippen LogP contribution in [0.2, 0.25) is 0 Å². The van der Waals surface area contributed by atoms with Gasteiger partial charge >= 0.3 is 0 Å². The van der Waals surface area contributed by atoms with Crippen molar-refractivity contribution in [3.8, 4) is 11.8 Å². The molecule has 0 aliphatic carbocycles. The first kappa shape index (κ1) is 10.6. The van der Waals surface area contributed by atoms with E-state index in [9.17, 15) is 4.79 Å². The van der Waals surface area contributed by atoms with Gasteiger partial charge in [0.15, 0.2) is 0 Å². The van der Waals surface area contributed by atoms with Crippen molar-refractivity contribution >= 4 is 0 Å². The van der Waals surface area contributed by atoms with E-state index in [0.29, 0.717) is 13.1 Å². The Balaban J connectivity index is 2.34. The van der Waals surface area contributed by atoms with Crippen molar-refractivity contribution in [3.05, 3.63) is 34.7 Å². The summed E-state index contributed by atoms with van der Waals surface area (Å²) in [6.07, 6.45) is 1.79. The van der Waals surface area contributed by atoms with E-state index in [2.05, 4.69) is 17.2 Å². The molecule has 3 nitrogen and oxygen atoms in total. The number of nitrogens with zero attached hydrogens (tertiary/aromatic N) is 1. The summed E-state index contributed by atoms with van der Waals surface area (Å²) in [5.41, 5.74) is 0.0378. The maximum Gasteiger partial charge on any atom is 0.250 e. The van der Waals surface area contributed by atoms with E-state index in [1.165, 1.54) is 0 Å². The molecule has 0 bridgehead atoms. The van der Waals surface area contributed by atoms with Gasteiger partial charge in [-0.3, -0.25) is 4.79 Å². The van der Waals surface area contributed by atoms with Crippen LogP contribution in [-0.2, 0) is 6.54 Å². The Labute approximate surface area is 83.8 Å². The highest BCUT2D eigenvalue weighted by Crippen LogP contribution is 1.80. The molecule has 74 valence electrons. The quantitative estimate of drug-likeness (QED) is 0.553. The van der Waals surface area contributed by atoms with Crippen molar-refractivity contribution in [3.63, 3.8) is 0 Å². The largest absolute Gasteiger partial charge is 0.314 e. The molecule has 0 aliphatic heterocycles. The first-order valence-electron chi connectivity index (χ1n) is 4.60. The zero-order valence-electron chi connectivity index (χ0n) is 8.29. The third-order valence-electron chi connectivity index (χ3n) is 1.82. The smallest absolute Gasteiger partial charge is 0.250 e. The fourth-order valence-corrected chi connectivity index (χ4v) is 1.08. The molecule has 0 fully saturated rings. The predicted octanol–water partition coefficient (Wildman–Crippen LogP) is 0.461. The Morgan fingerprint density at radius 2 is 2.36 bits per heavy atom. The SMILES string of the molecule is CC#CCNCCn1ccccc1=O. The minimum Gasteiger partial charge on any atom is -0.314 e. The topological polar surface area (TPSA) is 34.0 Å². The Kier molecular flexibility index (Phi) is 4.53. The number of hydrogen-bond acceptors (Lipinski definition) is 2. The second-order valence-corrected chi connectivity index (χ2v) is 2.84. The molecule has 0 saturated heterocycles. The average molecular weight is 190 g/mol. The fourth-order valence-electron chi connectivity index (χ4n) is 1.08. The summed E-state index contributed by atoms with van der Waals surface area (Å²) < 4.78 is 1.67. The van der Waals surface area contributed by atoms with E-state index < -0.39 is 0 Å². The van der Waals surface area contributed by atoms with Gasteiger partial charge in [0.1, 0.15) is 0 Å². The number of rotatable bonds is 4. The van der Waals surface area contributed by atoms with E-state index in [0.717, 1.165) is 6.54 Å². The second kappa shape index (κ2) is 6.01. The molecule has 1 aromatic heterocycles. The molecule has 1 aromatic rings. The van der Waals surface area contributed by atoms with Crippen LogP contribution in [0.1, 0.15) is 6.92 Å². The lowest BCUT2D eigenvalue weighted by atomic mass is 10.4. The average Bonchev–Trinajstić information content (AvgIpc) is 2.20. The zero-order chi connectivity index (χ0) is 10.2. The molecular weight excluding hydrogens is 176 g/mol. The van der Waals surface area contributed by atoms with Gasteiger partial charge in [-0.15, -0.1) is 5.92 Å². The number of aromatic nitrogens is 1. The van der Waals surface area contributed by atoms with Crippen molar-refractivity contribution in [2.75, 3.05) is 13.1 Å². The molecule has 0 atom stereocenters. The van der Waals surface area contributed by atoms with Crippen LogP contribution >= 0.6 is 0 Å². The third-order valence-corrected chi connectivity index (χ3v) is 1.82. The molecule has 1 heterocycles. The molecule has 0 aliphatic rings. The minimum atomic E-state index is 0.0378. The summed E-state index contributed by atoms with van der Waals surface area (Å²) in [7, 11) is 0. The summed E-state index contributed by atoms with van der Waals surface area (Å²) in [6.45, 7) is 3.94. The highest BCUT2D eigenvalue weighted by atomic mass is 16.1. The van der Waals surface area contributed by atoms with Gasteiger partial charge in [-0.2, -0.15) is 0 Å². The van der Waals surface area contributed by atoms with Crippen molar-refractivity contribution in [1.29, 1.82) is 0 Å². The van der Waals surface area contributed by atoms with Crippen molar-refractivity contribution < 1.29 is 0 Å². The lowest BCUT2D eigenvalue weighted by molar-refractivity contribution is 0.612. The first-order valence-corrected chi connectivity index (χ1v) is 4.60. The van der Waals surface area contributed by atoms with Gasteiger partial charge in [-0.25, -0.2) is 0 Å². The summed E-state index contributed by atoms with van der Waals surface area (Å²) in [6, 6.07) is 5.16. The Bertz CT molecular complexity index is 384. The number of nitrogens with one attached hydrogen (secondary N) is 1. The van der Waals surface area contributed by atoms with Crippen molar-refractivity contribution in [2.45, 2.75) is 13.5 Å². The van der Waals surface area contributed by atoms with E-state index in [1.807, 2.05) is 13.0 Å². The van der Waals surface area contributed by atoms with E-state index in [1.54, 1.807) is 22.9 Å². The minimum absolute atomic E-state index is 0.0378. The Morgan fingerprint density at radius 1 is 1.50 bits per heavy atom. The predicted molar refractivity (Wildman–Crippen MR) is 57.0 cm³/mol. The summed E-state index contributed by atoms with van der Waals surface area (Å²) in [5, 5.41) is 3.13. The van der Waals surface area contributed by atoms with Gasteiger partial charge in [-0.05, 0) is 13.0 Å². The molecular formula is C11H14N2O. The van der Waals surface area contributed by atoms with Crippen molar-refractivity contribution in [2.24, 2.45) is 0 Å². The molecule has 0 saturated carbocycles. The van der Waals surface area contributed by atoms with Crippen LogP contribution in [0.25, 0.3) is 0 Å². The van der Waals surface area contributed by atoms with Gasteiger partial charge in [0.25, 0.3) is 5.56 Å². The summed E-state index contributed by atoms with van der Waals surface area (Å²) in [4.78, 5) is 11.2. The number of pyridine rings is 1. The lowest BCUT2D eigenvalue weighted by Crippen LogP contribution is -2.26. The highest BCUT2D eigenvalue weighted by Gasteiger charge is 1.91. The second-order valence-electron chi connectivity index (χ2n) is 2.84. The molecule has 0 spiro atoms. The van der Waals surface area contributed by atoms with Gasteiger partial charge in [0, 0.05) is 25.4 Å². The monoisotopic (exact) mass is 190 g/mol. The Morgan fingerprint density at radius 3 is 3.07 bits per heavy atom. The number of hydrogen-bond donors (Lipinski definition) is 1. The normalized spacial score (nSPS) is 9.21. The van der Waals surface area contributed by atoms with Gasteiger partial charge in [-0.1, -0.05) is 12.0 Å². The van der Waals surface area contributed by atoms with E-state index in [4.69, 9.17) is 0 Å². The van der Waals surface area contributed by atoms with Crippen LogP contribution in [0.5, 0.6) is 0 Å². The fraction of sp³-hybridized carbons (Fsp3) is 0.364. The third kappa shape index (κ3) is 3.46. The molecule has 1 rings (SSSR count). The maximum atomic E-state index is 11.2. The molecule has 1 N–H and O–H groups in total. The van der Waals surface area contributed by atoms with Crippen LogP contribution in [0.15, 0.2) is 29.2 Å². The van der Waals surface area contributed by atoms with Crippen LogP contribution in [0.4, 0.5) is 0 Å². The summed E-state index contributed by atoms with van der Waals surface area (Å²) in [5.74, 6) is 5.70. The maximum absolute atomic E-state index is 11.2. The van der Waals surface area contributed by atoms with Crippen molar-refractivity contribution in [1.82, 2.24) is 9.88 Å². The highest BCUT2D eigenvalue weighted by molar-refractivity contribution is 4.97. The first-order chi connectivity index (χ1) is 6.84. The molecule has 3 heteroatoms. The zero-order valence-corrected chi connectivity index (χ0v) is 8.29. The standard InChI is InChI=1S/C11H14N2O/c1-2-3-7-12-8-10-13-9-5-4-6-11(13)14/h4-6,9,12H,7-8,10H2,1H3. The molecule has 0 amide bonds. The van der Waals surface area contributed by atoms with E-state index >= 15 is 0 Å². The molecule has 0 unspecified atom stereocenters. The van der Waals surface area contributed by atoms with Crippen LogP contribution in [0.3, 0.4) is 0 Å². The van der Waals surface area contributed by atoms with E-state index in [-0.39, 0.29) is 5.56 Å². The lowest BCUT2D eigenvalue weighted by Gasteiger charge is -2.04. The van der Waals surface area contributed by atoms with Gasteiger partial charge < -0.3 is 9.88 Å².